The van der Waals surface area contributed by atoms with Gasteiger partial charge < -0.3 is 9.47 Å². The van der Waals surface area contributed by atoms with Crippen molar-refractivity contribution in [2.24, 2.45) is 10.2 Å². The zero-order valence-electron chi connectivity index (χ0n) is 18.5. The fraction of sp³-hybridized carbons (Fsp3) is 0.462. The number of ether oxygens (including phenoxy) is 2. The molecule has 0 unspecified atom stereocenters. The molecule has 2 spiro atoms. The topological polar surface area (TPSA) is 77.3 Å². The lowest BCUT2D eigenvalue weighted by atomic mass is 9.93. The highest BCUT2D eigenvalue weighted by Crippen LogP contribution is 2.58. The van der Waals surface area contributed by atoms with Crippen molar-refractivity contribution >= 4 is 23.7 Å². The molecule has 2 fully saturated rings. The second-order valence-electron chi connectivity index (χ2n) is 9.14. The van der Waals surface area contributed by atoms with Crippen LogP contribution in [-0.2, 0) is 9.47 Å². The van der Waals surface area contributed by atoms with Crippen LogP contribution in [0.3, 0.4) is 0 Å². The molecule has 5 rings (SSSR count). The number of nitrogens with zero attached hydrogens (tertiary/aromatic N) is 2. The summed E-state index contributed by atoms with van der Waals surface area (Å²) in [5.41, 5.74) is 1.19. The predicted molar refractivity (Wildman–Crippen MR) is 126 cm³/mol. The fourth-order valence-corrected chi connectivity index (χ4v) is 6.64. The highest BCUT2D eigenvalue weighted by Gasteiger charge is 2.51. The van der Waals surface area contributed by atoms with Crippen LogP contribution in [0, 0.1) is 0 Å². The molecule has 3 aliphatic rings. The minimum atomic E-state index is -0.253. The second kappa shape index (κ2) is 9.29. The van der Waals surface area contributed by atoms with E-state index in [2.05, 4.69) is 0 Å². The Hall–Kier alpha value is -2.67. The van der Waals surface area contributed by atoms with E-state index in [1.54, 1.807) is 24.3 Å². The molecule has 0 aromatic heterocycles. The summed E-state index contributed by atoms with van der Waals surface area (Å²) in [5.74, 6) is -0.505. The average Bonchev–Trinajstić information content (AvgIpc) is 3.21. The summed E-state index contributed by atoms with van der Waals surface area (Å²) in [6, 6.07) is 18.3. The zero-order chi connectivity index (χ0) is 22.7. The van der Waals surface area contributed by atoms with Gasteiger partial charge in [-0.3, -0.25) is 0 Å². The maximum absolute atomic E-state index is 12.4. The van der Waals surface area contributed by atoms with Gasteiger partial charge in [-0.1, -0.05) is 48.2 Å². The van der Waals surface area contributed by atoms with Crippen LogP contribution in [0.15, 0.2) is 70.9 Å². The van der Waals surface area contributed by atoms with E-state index >= 15 is 0 Å². The van der Waals surface area contributed by atoms with Gasteiger partial charge in [0.2, 0.25) is 0 Å². The van der Waals surface area contributed by atoms with E-state index in [0.29, 0.717) is 11.1 Å². The second-order valence-corrected chi connectivity index (χ2v) is 10.9. The van der Waals surface area contributed by atoms with Crippen LogP contribution in [0.4, 0.5) is 0 Å². The summed E-state index contributed by atoms with van der Waals surface area (Å²) in [6.45, 7) is 0. The van der Waals surface area contributed by atoms with Crippen LogP contribution < -0.4 is 0 Å². The van der Waals surface area contributed by atoms with Gasteiger partial charge in [0.25, 0.3) is 0 Å². The largest absolute Gasteiger partial charge is 0.459 e. The van der Waals surface area contributed by atoms with Crippen molar-refractivity contribution < 1.29 is 19.1 Å². The maximum Gasteiger partial charge on any atom is 0.338 e. The lowest BCUT2D eigenvalue weighted by Gasteiger charge is -2.38. The van der Waals surface area contributed by atoms with E-state index in [1.165, 1.54) is 0 Å². The molecule has 0 radical (unpaired) electrons. The first-order valence-electron chi connectivity index (χ1n) is 11.7. The van der Waals surface area contributed by atoms with Gasteiger partial charge in [-0.25, -0.2) is 9.59 Å². The Bertz CT molecular complexity index is 930. The van der Waals surface area contributed by atoms with Crippen molar-refractivity contribution in [3.63, 3.8) is 0 Å². The van der Waals surface area contributed by atoms with Crippen molar-refractivity contribution in [3.05, 3.63) is 71.8 Å². The first-order valence-corrected chi connectivity index (χ1v) is 12.5. The molecule has 0 amide bonds. The molecule has 2 aromatic rings. The van der Waals surface area contributed by atoms with Crippen LogP contribution in [0.5, 0.6) is 0 Å². The summed E-state index contributed by atoms with van der Waals surface area (Å²) in [6.07, 6.45) is 6.54. The number of rotatable bonds is 4. The number of thioether (sulfide) groups is 1. The number of azo groups is 1. The molecule has 6 nitrogen and oxygen atoms in total. The van der Waals surface area contributed by atoms with E-state index in [0.717, 1.165) is 51.4 Å². The summed E-state index contributed by atoms with van der Waals surface area (Å²) in [4.78, 5) is 24.3. The summed E-state index contributed by atoms with van der Waals surface area (Å²) < 4.78 is 11.5. The predicted octanol–water partition coefficient (Wildman–Crippen LogP) is 6.18. The molecule has 0 atom stereocenters. The lowest BCUT2D eigenvalue weighted by Crippen LogP contribution is -2.37. The Labute approximate surface area is 198 Å². The van der Waals surface area contributed by atoms with Gasteiger partial charge in [-0.2, -0.15) is 10.2 Å². The molecule has 2 aromatic carbocycles. The molecule has 2 saturated carbocycles. The molecular formula is C26H28N2O4S. The summed E-state index contributed by atoms with van der Waals surface area (Å²) >= 11 is 1.88. The van der Waals surface area contributed by atoms with E-state index in [9.17, 15) is 9.59 Å². The van der Waals surface area contributed by atoms with Crippen LogP contribution in [-0.4, -0.2) is 33.9 Å². The van der Waals surface area contributed by atoms with Gasteiger partial charge in [-0.15, -0.1) is 0 Å². The van der Waals surface area contributed by atoms with E-state index in [-0.39, 0.29) is 33.9 Å². The monoisotopic (exact) mass is 464 g/mol. The van der Waals surface area contributed by atoms with Gasteiger partial charge in [0, 0.05) is 0 Å². The van der Waals surface area contributed by atoms with Gasteiger partial charge in [-0.05, 0) is 75.6 Å². The minimum Gasteiger partial charge on any atom is -0.459 e. The number of benzene rings is 2. The van der Waals surface area contributed by atoms with Crippen molar-refractivity contribution in [1.82, 2.24) is 0 Å². The third-order valence-corrected chi connectivity index (χ3v) is 8.53. The van der Waals surface area contributed by atoms with E-state index in [1.807, 2.05) is 48.2 Å². The lowest BCUT2D eigenvalue weighted by molar-refractivity contribution is 0.0177. The number of carbonyl (C=O) groups excluding carboxylic acids is 2. The Morgan fingerprint density at radius 3 is 1.39 bits per heavy atom. The number of carbonyl (C=O) groups is 2. The van der Waals surface area contributed by atoms with Crippen molar-refractivity contribution in [2.75, 3.05) is 0 Å². The standard InChI is InChI=1S/C26H28N2O4S/c29-23(19-7-3-1-4-8-19)31-21-11-15-25(16-12-21)27-28-26(33-25)17-13-22(14-18-26)32-24(30)20-9-5-2-6-10-20/h1-10,21-22H,11-18H2. The Morgan fingerprint density at radius 1 is 0.667 bits per heavy atom. The first-order chi connectivity index (χ1) is 16.0. The molecule has 0 bridgehead atoms. The molecule has 1 aliphatic heterocycles. The van der Waals surface area contributed by atoms with Gasteiger partial charge in [0.1, 0.15) is 21.9 Å². The first kappa shape index (κ1) is 22.1. The zero-order valence-corrected chi connectivity index (χ0v) is 19.3. The van der Waals surface area contributed by atoms with E-state index < -0.39 is 0 Å². The van der Waals surface area contributed by atoms with Crippen LogP contribution in [0.1, 0.15) is 72.1 Å². The summed E-state index contributed by atoms with van der Waals surface area (Å²) in [5, 5.41) is 9.50. The third kappa shape index (κ3) is 4.98. The minimum absolute atomic E-state index is 0.0659. The molecule has 1 heterocycles. The van der Waals surface area contributed by atoms with Crippen LogP contribution >= 0.6 is 11.8 Å². The van der Waals surface area contributed by atoms with Crippen molar-refractivity contribution in [1.29, 1.82) is 0 Å². The summed E-state index contributed by atoms with van der Waals surface area (Å²) in [7, 11) is 0. The van der Waals surface area contributed by atoms with Crippen LogP contribution in [0.25, 0.3) is 0 Å². The van der Waals surface area contributed by atoms with Crippen LogP contribution in [0.2, 0.25) is 0 Å². The number of esters is 2. The molecule has 172 valence electrons. The Kier molecular flexibility index (Phi) is 6.23. The SMILES string of the molecule is O=C(OC1CCC2(CC1)N=NC1(CCC(OC(=O)c3ccccc3)CC1)S2)c1ccccc1. The van der Waals surface area contributed by atoms with E-state index in [4.69, 9.17) is 19.7 Å². The van der Waals surface area contributed by atoms with Gasteiger partial charge in [0.05, 0.1) is 11.1 Å². The van der Waals surface area contributed by atoms with Gasteiger partial charge in [0.15, 0.2) is 0 Å². The quantitative estimate of drug-likeness (QED) is 0.505. The highest BCUT2D eigenvalue weighted by molar-refractivity contribution is 8.02. The molecule has 2 aliphatic carbocycles. The Balaban J connectivity index is 1.10. The molecule has 0 N–H and O–H groups in total. The average molecular weight is 465 g/mol. The number of hydrogen-bond acceptors (Lipinski definition) is 7. The third-order valence-electron chi connectivity index (χ3n) is 6.79. The molecule has 0 saturated heterocycles. The normalized spacial score (nSPS) is 30.9. The fourth-order valence-electron chi connectivity index (χ4n) is 4.89. The molecule has 7 heteroatoms. The smallest absolute Gasteiger partial charge is 0.338 e. The maximum atomic E-state index is 12.4. The molecule has 33 heavy (non-hydrogen) atoms. The Morgan fingerprint density at radius 2 is 1.03 bits per heavy atom. The van der Waals surface area contributed by atoms with Gasteiger partial charge >= 0.3 is 11.9 Å². The highest BCUT2D eigenvalue weighted by atomic mass is 32.2. The van der Waals surface area contributed by atoms with Crippen molar-refractivity contribution in [2.45, 2.75) is 73.3 Å². The number of hydrogen-bond donors (Lipinski definition) is 0. The van der Waals surface area contributed by atoms with Crippen molar-refractivity contribution in [3.8, 4) is 0 Å². The molecular weight excluding hydrogens is 436 g/mol.